The molecule has 0 amide bonds. The molecule has 0 saturated heterocycles. The molecule has 204 valence electrons. The van der Waals surface area contributed by atoms with Crippen molar-refractivity contribution in [2.75, 3.05) is 19.8 Å². The normalized spacial score (nSPS) is 10.4. The van der Waals surface area contributed by atoms with E-state index < -0.39 is 11.9 Å². The fourth-order valence-electron chi connectivity index (χ4n) is 3.54. The summed E-state index contributed by atoms with van der Waals surface area (Å²) in [6, 6.07) is 21.3. The van der Waals surface area contributed by atoms with Gasteiger partial charge in [0.25, 0.3) is 0 Å². The summed E-state index contributed by atoms with van der Waals surface area (Å²) in [4.78, 5) is 23.7. The maximum atomic E-state index is 12.3. The number of carbonyl (C=O) groups is 2. The van der Waals surface area contributed by atoms with Crippen LogP contribution < -0.4 is 14.2 Å². The zero-order chi connectivity index (χ0) is 28.2. The zero-order valence-corrected chi connectivity index (χ0v) is 23.0. The van der Waals surface area contributed by atoms with E-state index in [2.05, 4.69) is 26.1 Å². The summed E-state index contributed by atoms with van der Waals surface area (Å²) < 4.78 is 22.2. The number of carbonyl (C=O) groups excluding carboxylic acids is 2. The van der Waals surface area contributed by atoms with Gasteiger partial charge >= 0.3 is 11.9 Å². The van der Waals surface area contributed by atoms with Crippen LogP contribution in [0.5, 0.6) is 17.2 Å². The van der Waals surface area contributed by atoms with E-state index in [9.17, 15) is 9.59 Å². The van der Waals surface area contributed by atoms with Crippen LogP contribution in [0.25, 0.3) is 22.3 Å². The number of rotatable bonds is 14. The van der Waals surface area contributed by atoms with Crippen LogP contribution in [0, 0.1) is 0 Å². The van der Waals surface area contributed by atoms with Gasteiger partial charge in [0.05, 0.1) is 19.8 Å². The maximum absolute atomic E-state index is 12.3. The predicted octanol–water partition coefficient (Wildman–Crippen LogP) is 7.57. The van der Waals surface area contributed by atoms with Crippen molar-refractivity contribution < 1.29 is 28.5 Å². The van der Waals surface area contributed by atoms with Crippen LogP contribution in [0.1, 0.15) is 40.0 Å². The number of hydrogen-bond donors (Lipinski definition) is 0. The molecule has 0 aliphatic heterocycles. The third-order valence-electron chi connectivity index (χ3n) is 5.75. The Morgan fingerprint density at radius 3 is 1.56 bits per heavy atom. The molecular weight excluding hydrogens is 492 g/mol. The molecule has 0 saturated carbocycles. The average molecular weight is 529 g/mol. The summed E-state index contributed by atoms with van der Waals surface area (Å²) >= 11 is 0. The van der Waals surface area contributed by atoms with Crippen LogP contribution in [0.4, 0.5) is 0 Å². The molecule has 3 rings (SSSR count). The van der Waals surface area contributed by atoms with Gasteiger partial charge in [-0.1, -0.05) is 50.8 Å². The van der Waals surface area contributed by atoms with E-state index in [4.69, 9.17) is 18.9 Å². The zero-order valence-electron chi connectivity index (χ0n) is 23.0. The Labute approximate surface area is 230 Å². The number of esters is 2. The summed E-state index contributed by atoms with van der Waals surface area (Å²) in [5.74, 6) is 1.08. The van der Waals surface area contributed by atoms with Gasteiger partial charge in [0.15, 0.2) is 0 Å². The molecule has 0 radical (unpaired) electrons. The Morgan fingerprint density at radius 2 is 1.10 bits per heavy atom. The van der Waals surface area contributed by atoms with E-state index in [0.29, 0.717) is 42.3 Å². The van der Waals surface area contributed by atoms with Crippen molar-refractivity contribution in [2.24, 2.45) is 0 Å². The van der Waals surface area contributed by atoms with E-state index in [-0.39, 0.29) is 6.61 Å². The number of benzene rings is 3. The van der Waals surface area contributed by atoms with Crippen molar-refractivity contribution >= 4 is 11.9 Å². The molecule has 3 aromatic rings. The van der Waals surface area contributed by atoms with Crippen LogP contribution in [-0.2, 0) is 14.3 Å². The molecule has 3 aromatic carbocycles. The number of unbranched alkanes of at least 4 members (excludes halogenated alkanes) is 1. The Bertz CT molecular complexity index is 1290. The number of hydrogen-bond acceptors (Lipinski definition) is 6. The second kappa shape index (κ2) is 14.6. The van der Waals surface area contributed by atoms with E-state index in [1.165, 1.54) is 0 Å². The largest absolute Gasteiger partial charge is 0.494 e. The van der Waals surface area contributed by atoms with E-state index in [1.54, 1.807) is 13.8 Å². The van der Waals surface area contributed by atoms with Gasteiger partial charge in [0.2, 0.25) is 0 Å². The minimum Gasteiger partial charge on any atom is -0.494 e. The number of ether oxygens (including phenoxy) is 4. The molecule has 6 heteroatoms. The van der Waals surface area contributed by atoms with Crippen molar-refractivity contribution in [2.45, 2.75) is 40.0 Å². The van der Waals surface area contributed by atoms with Crippen molar-refractivity contribution in [3.05, 3.63) is 91.0 Å². The summed E-state index contributed by atoms with van der Waals surface area (Å²) in [5, 5.41) is 0. The molecular formula is C33H36O6. The Kier molecular flexibility index (Phi) is 10.9. The van der Waals surface area contributed by atoms with Gasteiger partial charge in [0.1, 0.15) is 17.2 Å². The van der Waals surface area contributed by atoms with E-state index in [1.807, 2.05) is 60.7 Å². The van der Waals surface area contributed by atoms with Gasteiger partial charge < -0.3 is 18.9 Å². The lowest BCUT2D eigenvalue weighted by Gasteiger charge is -2.13. The van der Waals surface area contributed by atoms with Gasteiger partial charge in [0, 0.05) is 17.6 Å². The van der Waals surface area contributed by atoms with Crippen LogP contribution in [-0.4, -0.2) is 31.8 Å². The molecule has 0 aromatic heterocycles. The van der Waals surface area contributed by atoms with Crippen LogP contribution in [0.2, 0.25) is 0 Å². The SMILES string of the molecule is C=C(C)C(=O)OCCCOc1ccc(-c2cc(OC(=O)C(=C)C)cc(-c3ccc(OCCCC)cc3)c2)cc1. The highest BCUT2D eigenvalue weighted by Crippen LogP contribution is 2.33. The first-order valence-corrected chi connectivity index (χ1v) is 13.1. The topological polar surface area (TPSA) is 71.1 Å². The van der Waals surface area contributed by atoms with Crippen molar-refractivity contribution in [1.82, 2.24) is 0 Å². The quantitative estimate of drug-likeness (QED) is 0.0930. The summed E-state index contributed by atoms with van der Waals surface area (Å²) in [6.45, 7) is 14.0. The van der Waals surface area contributed by atoms with E-state index >= 15 is 0 Å². The molecule has 0 heterocycles. The maximum Gasteiger partial charge on any atom is 0.338 e. The van der Waals surface area contributed by atoms with Gasteiger partial charge in [-0.3, -0.25) is 0 Å². The lowest BCUT2D eigenvalue weighted by atomic mass is 9.98. The molecule has 0 aliphatic rings. The van der Waals surface area contributed by atoms with Crippen molar-refractivity contribution in [1.29, 1.82) is 0 Å². The minimum atomic E-state index is -0.476. The van der Waals surface area contributed by atoms with Crippen LogP contribution in [0.15, 0.2) is 91.0 Å². The molecule has 0 aliphatic carbocycles. The van der Waals surface area contributed by atoms with Crippen molar-refractivity contribution in [3.8, 4) is 39.5 Å². The minimum absolute atomic E-state index is 0.272. The van der Waals surface area contributed by atoms with Gasteiger partial charge in [-0.15, -0.1) is 0 Å². The van der Waals surface area contributed by atoms with Crippen molar-refractivity contribution in [3.63, 3.8) is 0 Å². The Hall–Kier alpha value is -4.32. The highest BCUT2D eigenvalue weighted by molar-refractivity contribution is 5.89. The molecule has 0 spiro atoms. The molecule has 39 heavy (non-hydrogen) atoms. The smallest absolute Gasteiger partial charge is 0.338 e. The van der Waals surface area contributed by atoms with Crippen LogP contribution in [0.3, 0.4) is 0 Å². The van der Waals surface area contributed by atoms with E-state index in [0.717, 1.165) is 40.8 Å². The van der Waals surface area contributed by atoms with Gasteiger partial charge in [-0.25, -0.2) is 9.59 Å². The molecule has 0 N–H and O–H groups in total. The first-order valence-electron chi connectivity index (χ1n) is 13.1. The van der Waals surface area contributed by atoms with Gasteiger partial charge in [-0.05, 0) is 85.0 Å². The molecule has 0 atom stereocenters. The third kappa shape index (κ3) is 9.18. The molecule has 0 fully saturated rings. The van der Waals surface area contributed by atoms with Gasteiger partial charge in [-0.2, -0.15) is 0 Å². The molecule has 0 unspecified atom stereocenters. The summed E-state index contributed by atoms with van der Waals surface area (Å²) in [6.07, 6.45) is 2.66. The molecule has 0 bridgehead atoms. The Morgan fingerprint density at radius 1 is 0.615 bits per heavy atom. The Balaban J connectivity index is 1.75. The predicted molar refractivity (Wildman–Crippen MR) is 154 cm³/mol. The lowest BCUT2D eigenvalue weighted by molar-refractivity contribution is -0.139. The fraction of sp³-hybridized carbons (Fsp3) is 0.273. The summed E-state index contributed by atoms with van der Waals surface area (Å²) in [7, 11) is 0. The highest BCUT2D eigenvalue weighted by atomic mass is 16.5. The standard InChI is InChI=1S/C33H36O6/c1-6-7-17-36-29-13-9-25(10-14-29)27-20-28(22-31(21-27)39-33(35)24(4)5)26-11-15-30(16-12-26)37-18-8-19-38-32(34)23(2)3/h9-16,20-22H,2,4,6-8,17-19H2,1,3,5H3. The molecule has 6 nitrogen and oxygen atoms in total. The summed E-state index contributed by atoms with van der Waals surface area (Å²) in [5.41, 5.74) is 4.40. The monoisotopic (exact) mass is 528 g/mol. The first-order chi connectivity index (χ1) is 18.8. The fourth-order valence-corrected chi connectivity index (χ4v) is 3.54. The lowest BCUT2D eigenvalue weighted by Crippen LogP contribution is -2.09. The third-order valence-corrected chi connectivity index (χ3v) is 5.75. The highest BCUT2D eigenvalue weighted by Gasteiger charge is 2.11. The van der Waals surface area contributed by atoms with Crippen LogP contribution >= 0.6 is 0 Å². The average Bonchev–Trinajstić information content (AvgIpc) is 2.93. The first kappa shape index (κ1) is 29.2. The second-order valence-corrected chi connectivity index (χ2v) is 9.28. The second-order valence-electron chi connectivity index (χ2n) is 9.28.